The summed E-state index contributed by atoms with van der Waals surface area (Å²) in [6.07, 6.45) is 0. The molecule has 86 valence electrons. The van der Waals surface area contributed by atoms with Gasteiger partial charge in [-0.3, -0.25) is 0 Å². The fourth-order valence-electron chi connectivity index (χ4n) is 1.59. The monoisotopic (exact) mass is 237 g/mol. The number of tetrazole rings is 1. The van der Waals surface area contributed by atoms with E-state index in [0.29, 0.717) is 0 Å². The Labute approximate surface area is 98.5 Å². The highest BCUT2D eigenvalue weighted by Crippen LogP contribution is 2.11. The molecule has 0 bridgehead atoms. The van der Waals surface area contributed by atoms with Gasteiger partial charge >= 0.3 is 0 Å². The van der Waals surface area contributed by atoms with Gasteiger partial charge in [-0.05, 0) is 46.3 Å². The number of hydrogen-bond donors (Lipinski definition) is 1. The van der Waals surface area contributed by atoms with Crippen LogP contribution in [0.3, 0.4) is 0 Å². The van der Waals surface area contributed by atoms with Crippen molar-refractivity contribution in [2.45, 2.75) is 26.4 Å². The second-order valence-electron chi connectivity index (χ2n) is 3.61. The maximum Gasteiger partial charge on any atom is 0.168 e. The number of thiophene rings is 1. The van der Waals surface area contributed by atoms with Crippen LogP contribution >= 0.6 is 11.3 Å². The van der Waals surface area contributed by atoms with Gasteiger partial charge in [-0.1, -0.05) is 6.92 Å². The van der Waals surface area contributed by atoms with E-state index in [-0.39, 0.29) is 6.04 Å². The van der Waals surface area contributed by atoms with Crippen LogP contribution in [0.4, 0.5) is 0 Å². The first-order chi connectivity index (χ1) is 7.81. The average molecular weight is 237 g/mol. The molecule has 1 N–H and O–H groups in total. The molecule has 2 rings (SSSR count). The highest BCUT2D eigenvalue weighted by atomic mass is 32.1. The number of aromatic nitrogens is 4. The molecule has 0 saturated carbocycles. The first-order valence-electron chi connectivity index (χ1n) is 5.31. The van der Waals surface area contributed by atoms with E-state index < -0.39 is 0 Å². The van der Waals surface area contributed by atoms with Gasteiger partial charge in [-0.25, -0.2) is 4.68 Å². The summed E-state index contributed by atoms with van der Waals surface area (Å²) in [5.41, 5.74) is 1.24. The summed E-state index contributed by atoms with van der Waals surface area (Å²) in [6.45, 7) is 5.79. The van der Waals surface area contributed by atoms with E-state index in [9.17, 15) is 0 Å². The zero-order valence-corrected chi connectivity index (χ0v) is 10.2. The van der Waals surface area contributed by atoms with Crippen molar-refractivity contribution in [3.63, 3.8) is 0 Å². The van der Waals surface area contributed by atoms with Gasteiger partial charge in [0.15, 0.2) is 5.82 Å². The standard InChI is InChI=1S/C10H15N5S/c1-3-11-8(2)10-12-13-14-15(10)6-9-4-5-16-7-9/h4-5,7-8,11H,3,6H2,1-2H3. The molecular formula is C10H15N5S. The summed E-state index contributed by atoms with van der Waals surface area (Å²) in [7, 11) is 0. The minimum Gasteiger partial charge on any atom is -0.308 e. The molecule has 0 saturated heterocycles. The molecule has 2 heterocycles. The molecule has 0 aromatic carbocycles. The molecule has 0 radical (unpaired) electrons. The molecule has 1 atom stereocenters. The van der Waals surface area contributed by atoms with Crippen LogP contribution in [0.25, 0.3) is 0 Å². The first kappa shape index (κ1) is 11.2. The van der Waals surface area contributed by atoms with Crippen LogP contribution in [0.2, 0.25) is 0 Å². The maximum atomic E-state index is 4.06. The molecule has 5 nitrogen and oxygen atoms in total. The summed E-state index contributed by atoms with van der Waals surface area (Å²) in [6, 6.07) is 2.27. The highest BCUT2D eigenvalue weighted by molar-refractivity contribution is 7.07. The van der Waals surface area contributed by atoms with Crippen molar-refractivity contribution in [3.8, 4) is 0 Å². The lowest BCUT2D eigenvalue weighted by Crippen LogP contribution is -2.22. The van der Waals surface area contributed by atoms with Crippen molar-refractivity contribution in [3.05, 3.63) is 28.2 Å². The lowest BCUT2D eigenvalue weighted by Gasteiger charge is -2.11. The predicted octanol–water partition coefficient (Wildman–Crippen LogP) is 1.45. The van der Waals surface area contributed by atoms with Crippen molar-refractivity contribution in [2.24, 2.45) is 0 Å². The fourth-order valence-corrected chi connectivity index (χ4v) is 2.25. The Morgan fingerprint density at radius 3 is 3.12 bits per heavy atom. The number of nitrogens with one attached hydrogen (secondary N) is 1. The Morgan fingerprint density at radius 1 is 1.56 bits per heavy atom. The third kappa shape index (κ3) is 2.45. The lowest BCUT2D eigenvalue weighted by molar-refractivity contribution is 0.517. The Bertz CT molecular complexity index is 422. The van der Waals surface area contributed by atoms with Crippen LogP contribution in [0.1, 0.15) is 31.3 Å². The summed E-state index contributed by atoms with van der Waals surface area (Å²) < 4.78 is 1.84. The van der Waals surface area contributed by atoms with Crippen molar-refractivity contribution < 1.29 is 0 Å². The number of hydrogen-bond acceptors (Lipinski definition) is 5. The normalized spacial score (nSPS) is 12.9. The molecule has 16 heavy (non-hydrogen) atoms. The molecule has 0 aliphatic carbocycles. The third-order valence-electron chi connectivity index (χ3n) is 2.37. The molecule has 0 amide bonds. The first-order valence-corrected chi connectivity index (χ1v) is 6.26. The van der Waals surface area contributed by atoms with Gasteiger partial charge in [0.25, 0.3) is 0 Å². The van der Waals surface area contributed by atoms with Gasteiger partial charge < -0.3 is 5.32 Å². The molecular weight excluding hydrogens is 222 g/mol. The quantitative estimate of drug-likeness (QED) is 0.855. The van der Waals surface area contributed by atoms with Crippen molar-refractivity contribution in [2.75, 3.05) is 6.54 Å². The van der Waals surface area contributed by atoms with E-state index in [4.69, 9.17) is 0 Å². The van der Waals surface area contributed by atoms with Gasteiger partial charge in [0, 0.05) is 0 Å². The van der Waals surface area contributed by atoms with Crippen LogP contribution in [-0.2, 0) is 6.54 Å². The van der Waals surface area contributed by atoms with E-state index >= 15 is 0 Å². The van der Waals surface area contributed by atoms with Crippen molar-refractivity contribution >= 4 is 11.3 Å². The summed E-state index contributed by atoms with van der Waals surface area (Å²) in [5, 5.41) is 19.3. The molecule has 6 heteroatoms. The molecule has 2 aromatic heterocycles. The van der Waals surface area contributed by atoms with Crippen molar-refractivity contribution in [1.29, 1.82) is 0 Å². The van der Waals surface area contributed by atoms with Crippen LogP contribution in [0.15, 0.2) is 16.8 Å². The van der Waals surface area contributed by atoms with Gasteiger partial charge in [-0.15, -0.1) is 5.10 Å². The average Bonchev–Trinajstić information content (AvgIpc) is 2.90. The van der Waals surface area contributed by atoms with Crippen LogP contribution < -0.4 is 5.32 Å². The van der Waals surface area contributed by atoms with E-state index in [1.807, 2.05) is 4.68 Å². The highest BCUT2D eigenvalue weighted by Gasteiger charge is 2.13. The summed E-state index contributed by atoms with van der Waals surface area (Å²) >= 11 is 1.69. The van der Waals surface area contributed by atoms with E-state index in [1.165, 1.54) is 5.56 Å². The SMILES string of the molecule is CCNC(C)c1nnnn1Cc1ccsc1. The van der Waals surface area contributed by atoms with E-state index in [0.717, 1.165) is 18.9 Å². The van der Waals surface area contributed by atoms with Crippen LogP contribution in [0.5, 0.6) is 0 Å². The maximum absolute atomic E-state index is 4.06. The van der Waals surface area contributed by atoms with Crippen LogP contribution in [0, 0.1) is 0 Å². The molecule has 0 fully saturated rings. The summed E-state index contributed by atoms with van der Waals surface area (Å²) in [5.74, 6) is 0.882. The molecule has 0 spiro atoms. The zero-order chi connectivity index (χ0) is 11.4. The molecule has 1 unspecified atom stereocenters. The zero-order valence-electron chi connectivity index (χ0n) is 9.42. The van der Waals surface area contributed by atoms with Gasteiger partial charge in [0.2, 0.25) is 0 Å². The molecule has 2 aromatic rings. The second-order valence-corrected chi connectivity index (χ2v) is 4.39. The number of nitrogens with zero attached hydrogens (tertiary/aromatic N) is 4. The topological polar surface area (TPSA) is 55.6 Å². The summed E-state index contributed by atoms with van der Waals surface area (Å²) in [4.78, 5) is 0. The Morgan fingerprint density at radius 2 is 2.44 bits per heavy atom. The Kier molecular flexibility index (Phi) is 3.63. The van der Waals surface area contributed by atoms with E-state index in [2.05, 4.69) is 51.5 Å². The van der Waals surface area contributed by atoms with E-state index in [1.54, 1.807) is 11.3 Å². The second kappa shape index (κ2) is 5.18. The predicted molar refractivity (Wildman–Crippen MR) is 63.3 cm³/mol. The third-order valence-corrected chi connectivity index (χ3v) is 3.10. The molecule has 0 aliphatic rings. The Balaban J connectivity index is 2.13. The Hall–Kier alpha value is -1.27. The number of rotatable bonds is 5. The van der Waals surface area contributed by atoms with Gasteiger partial charge in [0.1, 0.15) is 0 Å². The largest absolute Gasteiger partial charge is 0.308 e. The van der Waals surface area contributed by atoms with Gasteiger partial charge in [0.05, 0.1) is 12.6 Å². The lowest BCUT2D eigenvalue weighted by atomic mass is 10.3. The minimum atomic E-state index is 0.179. The fraction of sp³-hybridized carbons (Fsp3) is 0.500. The molecule has 0 aliphatic heterocycles. The van der Waals surface area contributed by atoms with Crippen LogP contribution in [-0.4, -0.2) is 26.8 Å². The van der Waals surface area contributed by atoms with Gasteiger partial charge in [-0.2, -0.15) is 11.3 Å². The smallest absolute Gasteiger partial charge is 0.168 e. The minimum absolute atomic E-state index is 0.179. The van der Waals surface area contributed by atoms with Crippen molar-refractivity contribution in [1.82, 2.24) is 25.5 Å².